The molecule has 0 unspecified atom stereocenters. The van der Waals surface area contributed by atoms with E-state index in [0.29, 0.717) is 24.6 Å². The van der Waals surface area contributed by atoms with Gasteiger partial charge in [0.05, 0.1) is 19.6 Å². The van der Waals surface area contributed by atoms with Gasteiger partial charge >= 0.3 is 0 Å². The molecule has 1 rings (SSSR count). The molecule has 0 aliphatic carbocycles. The first kappa shape index (κ1) is 15.3. The van der Waals surface area contributed by atoms with Gasteiger partial charge in [-0.1, -0.05) is 0 Å². The Morgan fingerprint density at radius 2 is 2.00 bits per heavy atom. The summed E-state index contributed by atoms with van der Waals surface area (Å²) in [4.78, 5) is 11.9. The molecule has 0 aliphatic rings. The van der Waals surface area contributed by atoms with E-state index in [2.05, 4.69) is 5.32 Å². The zero-order valence-corrected chi connectivity index (χ0v) is 11.9. The summed E-state index contributed by atoms with van der Waals surface area (Å²) in [7, 11) is 3.18. The maximum Gasteiger partial charge on any atom is 0.227 e. The van der Waals surface area contributed by atoms with Crippen LogP contribution in [0.2, 0.25) is 0 Å². The van der Waals surface area contributed by atoms with Crippen LogP contribution in [0, 0.1) is 5.41 Å². The van der Waals surface area contributed by atoms with Crippen molar-refractivity contribution in [2.24, 2.45) is 11.1 Å². The van der Waals surface area contributed by atoms with E-state index in [0.717, 1.165) is 5.56 Å². The second-order valence-electron chi connectivity index (χ2n) is 4.95. The lowest BCUT2D eigenvalue weighted by atomic mass is 9.92. The van der Waals surface area contributed by atoms with E-state index in [4.69, 9.17) is 15.2 Å². The fourth-order valence-electron chi connectivity index (χ4n) is 1.51. The fraction of sp³-hybridized carbons (Fsp3) is 0.500. The number of nitrogens with one attached hydrogen (secondary N) is 1. The number of hydrogen-bond donors (Lipinski definition) is 2. The second kappa shape index (κ2) is 6.43. The van der Waals surface area contributed by atoms with Gasteiger partial charge in [0, 0.05) is 24.7 Å². The van der Waals surface area contributed by atoms with Gasteiger partial charge in [-0.3, -0.25) is 4.79 Å². The lowest BCUT2D eigenvalue weighted by molar-refractivity contribution is -0.129. The number of benzene rings is 1. The first-order valence-electron chi connectivity index (χ1n) is 6.14. The normalized spacial score (nSPS) is 11.0. The molecule has 5 nitrogen and oxygen atoms in total. The predicted molar refractivity (Wildman–Crippen MR) is 74.2 cm³/mol. The van der Waals surface area contributed by atoms with Gasteiger partial charge in [-0.05, 0) is 26.0 Å². The van der Waals surface area contributed by atoms with Crippen molar-refractivity contribution < 1.29 is 14.3 Å². The molecule has 0 bridgehead atoms. The van der Waals surface area contributed by atoms with E-state index >= 15 is 0 Å². The Morgan fingerprint density at radius 3 is 2.53 bits per heavy atom. The Balaban J connectivity index is 2.75. The van der Waals surface area contributed by atoms with Gasteiger partial charge in [0.15, 0.2) is 0 Å². The van der Waals surface area contributed by atoms with Crippen molar-refractivity contribution in [3.63, 3.8) is 0 Å². The van der Waals surface area contributed by atoms with E-state index in [1.807, 2.05) is 26.0 Å². The van der Waals surface area contributed by atoms with E-state index in [1.165, 1.54) is 0 Å². The summed E-state index contributed by atoms with van der Waals surface area (Å²) in [6.45, 7) is 4.33. The average Bonchev–Trinajstić information content (AvgIpc) is 2.44. The molecule has 0 heterocycles. The SMILES string of the molecule is COc1ccc(CNC(=O)C(C)(C)CN)c(OC)c1. The standard InChI is InChI=1S/C14H22N2O3/c1-14(2,9-15)13(17)16-8-10-5-6-11(18-3)7-12(10)19-4/h5-7H,8-9,15H2,1-4H3,(H,16,17). The maximum atomic E-state index is 11.9. The molecule has 0 fully saturated rings. The molecule has 0 saturated carbocycles. The number of methoxy groups -OCH3 is 2. The van der Waals surface area contributed by atoms with Crippen molar-refractivity contribution in [2.45, 2.75) is 20.4 Å². The summed E-state index contributed by atoms with van der Waals surface area (Å²) >= 11 is 0. The highest BCUT2D eigenvalue weighted by Crippen LogP contribution is 2.24. The molecule has 19 heavy (non-hydrogen) atoms. The number of amides is 1. The van der Waals surface area contributed by atoms with Crippen LogP contribution in [0.25, 0.3) is 0 Å². The Bertz CT molecular complexity index is 444. The molecule has 0 atom stereocenters. The molecule has 0 aliphatic heterocycles. The number of carbonyl (C=O) groups is 1. The number of ether oxygens (including phenoxy) is 2. The van der Waals surface area contributed by atoms with Crippen LogP contribution < -0.4 is 20.5 Å². The molecule has 1 amide bonds. The maximum absolute atomic E-state index is 11.9. The van der Waals surface area contributed by atoms with E-state index in [9.17, 15) is 4.79 Å². The van der Waals surface area contributed by atoms with Crippen LogP contribution in [0.1, 0.15) is 19.4 Å². The molecule has 0 aromatic heterocycles. The third-order valence-electron chi connectivity index (χ3n) is 3.06. The Hall–Kier alpha value is -1.75. The number of nitrogens with two attached hydrogens (primary N) is 1. The Kier molecular flexibility index (Phi) is 5.18. The van der Waals surface area contributed by atoms with Gasteiger partial charge in [0.25, 0.3) is 0 Å². The van der Waals surface area contributed by atoms with E-state index in [1.54, 1.807) is 20.3 Å². The third kappa shape index (κ3) is 3.86. The topological polar surface area (TPSA) is 73.6 Å². The van der Waals surface area contributed by atoms with Crippen molar-refractivity contribution in [3.05, 3.63) is 23.8 Å². The van der Waals surface area contributed by atoms with E-state index in [-0.39, 0.29) is 5.91 Å². The molecule has 0 saturated heterocycles. The van der Waals surface area contributed by atoms with Gasteiger partial charge < -0.3 is 20.5 Å². The van der Waals surface area contributed by atoms with Crippen LogP contribution >= 0.6 is 0 Å². The molecule has 0 spiro atoms. The summed E-state index contributed by atoms with van der Waals surface area (Å²) in [5.41, 5.74) is 5.89. The van der Waals surface area contributed by atoms with Gasteiger partial charge in [-0.25, -0.2) is 0 Å². The Labute approximate surface area is 114 Å². The van der Waals surface area contributed by atoms with Crippen molar-refractivity contribution in [2.75, 3.05) is 20.8 Å². The highest BCUT2D eigenvalue weighted by atomic mass is 16.5. The van der Waals surface area contributed by atoms with Crippen molar-refractivity contribution >= 4 is 5.91 Å². The highest BCUT2D eigenvalue weighted by molar-refractivity contribution is 5.82. The third-order valence-corrected chi connectivity index (χ3v) is 3.06. The summed E-state index contributed by atoms with van der Waals surface area (Å²) in [5.74, 6) is 1.33. The first-order valence-corrected chi connectivity index (χ1v) is 6.14. The smallest absolute Gasteiger partial charge is 0.227 e. The summed E-state index contributed by atoms with van der Waals surface area (Å²) in [6, 6.07) is 5.49. The fourth-order valence-corrected chi connectivity index (χ4v) is 1.51. The van der Waals surface area contributed by atoms with Crippen LogP contribution in [-0.4, -0.2) is 26.7 Å². The minimum absolute atomic E-state index is 0.0760. The molecule has 106 valence electrons. The van der Waals surface area contributed by atoms with Crippen LogP contribution in [0.5, 0.6) is 11.5 Å². The minimum Gasteiger partial charge on any atom is -0.497 e. The van der Waals surface area contributed by atoms with Gasteiger partial charge in [0.2, 0.25) is 5.91 Å². The number of carbonyl (C=O) groups excluding carboxylic acids is 1. The average molecular weight is 266 g/mol. The predicted octanol–water partition coefficient (Wildman–Crippen LogP) is 1.30. The molecular weight excluding hydrogens is 244 g/mol. The van der Waals surface area contributed by atoms with Crippen LogP contribution in [0.15, 0.2) is 18.2 Å². The van der Waals surface area contributed by atoms with Crippen LogP contribution in [0.3, 0.4) is 0 Å². The second-order valence-corrected chi connectivity index (χ2v) is 4.95. The lowest BCUT2D eigenvalue weighted by Crippen LogP contribution is -2.41. The van der Waals surface area contributed by atoms with Crippen molar-refractivity contribution in [1.29, 1.82) is 0 Å². The molecule has 1 aromatic carbocycles. The van der Waals surface area contributed by atoms with Gasteiger partial charge in [0.1, 0.15) is 11.5 Å². The summed E-state index contributed by atoms with van der Waals surface area (Å²) in [5, 5.41) is 2.86. The van der Waals surface area contributed by atoms with Crippen molar-refractivity contribution in [1.82, 2.24) is 5.32 Å². The number of rotatable bonds is 6. The lowest BCUT2D eigenvalue weighted by Gasteiger charge is -2.21. The zero-order chi connectivity index (χ0) is 14.5. The first-order chi connectivity index (χ1) is 8.94. The molecular formula is C14H22N2O3. The highest BCUT2D eigenvalue weighted by Gasteiger charge is 2.25. The molecule has 0 radical (unpaired) electrons. The summed E-state index contributed by atoms with van der Waals surface area (Å²) < 4.78 is 10.4. The minimum atomic E-state index is -0.570. The summed E-state index contributed by atoms with van der Waals surface area (Å²) in [6.07, 6.45) is 0. The van der Waals surface area contributed by atoms with E-state index < -0.39 is 5.41 Å². The quantitative estimate of drug-likeness (QED) is 0.814. The largest absolute Gasteiger partial charge is 0.497 e. The Morgan fingerprint density at radius 1 is 1.32 bits per heavy atom. The van der Waals surface area contributed by atoms with Crippen LogP contribution in [-0.2, 0) is 11.3 Å². The van der Waals surface area contributed by atoms with Crippen molar-refractivity contribution in [3.8, 4) is 11.5 Å². The zero-order valence-electron chi connectivity index (χ0n) is 11.9. The number of hydrogen-bond acceptors (Lipinski definition) is 4. The molecule has 5 heteroatoms. The molecule has 1 aromatic rings. The van der Waals surface area contributed by atoms with Crippen LogP contribution in [0.4, 0.5) is 0 Å². The van der Waals surface area contributed by atoms with Gasteiger partial charge in [-0.2, -0.15) is 0 Å². The monoisotopic (exact) mass is 266 g/mol. The van der Waals surface area contributed by atoms with Gasteiger partial charge in [-0.15, -0.1) is 0 Å². The molecule has 3 N–H and O–H groups in total.